The van der Waals surface area contributed by atoms with Crippen LogP contribution in [-0.2, 0) is 6.42 Å². The summed E-state index contributed by atoms with van der Waals surface area (Å²) in [5.41, 5.74) is 2.89. The Morgan fingerprint density at radius 3 is 2.52 bits per heavy atom. The van der Waals surface area contributed by atoms with Gasteiger partial charge in [0.25, 0.3) is 5.91 Å². The Kier molecular flexibility index (Phi) is 4.84. The molecule has 2 N–H and O–H groups in total. The Hall–Kier alpha value is -3.08. The van der Waals surface area contributed by atoms with Crippen molar-refractivity contribution in [2.75, 3.05) is 13.7 Å². The van der Waals surface area contributed by atoms with Crippen LogP contribution in [0.15, 0.2) is 48.5 Å². The molecule has 1 aromatic heterocycles. The molecule has 0 radical (unpaired) electrons. The molecule has 3 rings (SSSR count). The zero-order valence-electron chi connectivity index (χ0n) is 14.3. The van der Waals surface area contributed by atoms with Crippen LogP contribution in [0.4, 0.5) is 0 Å². The molecule has 5 nitrogen and oxygen atoms in total. The second-order valence-corrected chi connectivity index (χ2v) is 5.79. The first kappa shape index (κ1) is 16.8. The maximum absolute atomic E-state index is 12.2. The van der Waals surface area contributed by atoms with Crippen LogP contribution in [0.1, 0.15) is 33.3 Å². The summed E-state index contributed by atoms with van der Waals surface area (Å²) in [6, 6.07) is 14.8. The van der Waals surface area contributed by atoms with Crippen molar-refractivity contribution in [1.82, 2.24) is 10.3 Å². The molecule has 2 aromatic carbocycles. The summed E-state index contributed by atoms with van der Waals surface area (Å²) >= 11 is 0. The second kappa shape index (κ2) is 7.21. The first-order valence-electron chi connectivity index (χ1n) is 8.13. The third-order valence-corrected chi connectivity index (χ3v) is 4.17. The second-order valence-electron chi connectivity index (χ2n) is 5.79. The molecule has 1 amide bonds. The molecular weight excluding hydrogens is 316 g/mol. The van der Waals surface area contributed by atoms with Gasteiger partial charge >= 0.3 is 0 Å². The highest BCUT2D eigenvalue weighted by molar-refractivity contribution is 6.02. The van der Waals surface area contributed by atoms with E-state index < -0.39 is 0 Å². The lowest BCUT2D eigenvalue weighted by molar-refractivity contribution is 0.0953. The maximum Gasteiger partial charge on any atom is 0.251 e. The number of hydrogen-bond donors (Lipinski definition) is 2. The number of amides is 1. The highest BCUT2D eigenvalue weighted by Gasteiger charge is 2.17. The lowest BCUT2D eigenvalue weighted by Gasteiger charge is -2.06. The normalized spacial score (nSPS) is 10.6. The van der Waals surface area contributed by atoms with E-state index in [4.69, 9.17) is 4.74 Å². The van der Waals surface area contributed by atoms with Crippen molar-refractivity contribution in [2.24, 2.45) is 0 Å². The molecule has 0 fully saturated rings. The van der Waals surface area contributed by atoms with Crippen molar-refractivity contribution in [3.63, 3.8) is 0 Å². The van der Waals surface area contributed by atoms with Gasteiger partial charge in [-0.05, 0) is 30.2 Å². The quantitative estimate of drug-likeness (QED) is 0.678. The van der Waals surface area contributed by atoms with Crippen molar-refractivity contribution >= 4 is 22.6 Å². The molecule has 1 heterocycles. The third kappa shape index (κ3) is 3.40. The number of aromatic nitrogens is 1. The number of ether oxygens (including phenoxy) is 1. The minimum absolute atomic E-state index is 0.0392. The SMILES string of the molecule is COc1cccc2c(CCNC(=O)c3ccccc3)c(C(C)=O)[nH]c12. The topological polar surface area (TPSA) is 71.2 Å². The van der Waals surface area contributed by atoms with Crippen LogP contribution in [0.5, 0.6) is 5.75 Å². The number of carbonyl (C=O) groups is 2. The molecule has 128 valence electrons. The molecule has 3 aromatic rings. The van der Waals surface area contributed by atoms with Gasteiger partial charge in [0.1, 0.15) is 5.75 Å². The average Bonchev–Trinajstić information content (AvgIpc) is 3.01. The van der Waals surface area contributed by atoms with Crippen LogP contribution < -0.4 is 10.1 Å². The summed E-state index contributed by atoms with van der Waals surface area (Å²) < 4.78 is 5.36. The van der Waals surface area contributed by atoms with E-state index in [2.05, 4.69) is 10.3 Å². The van der Waals surface area contributed by atoms with Gasteiger partial charge in [0.2, 0.25) is 0 Å². The summed E-state index contributed by atoms with van der Waals surface area (Å²) in [5, 5.41) is 3.84. The van der Waals surface area contributed by atoms with Crippen LogP contribution in [0.2, 0.25) is 0 Å². The maximum atomic E-state index is 12.2. The van der Waals surface area contributed by atoms with Gasteiger partial charge in [-0.25, -0.2) is 0 Å². The lowest BCUT2D eigenvalue weighted by Crippen LogP contribution is -2.25. The van der Waals surface area contributed by atoms with Crippen LogP contribution in [0.3, 0.4) is 0 Å². The number of hydrogen-bond acceptors (Lipinski definition) is 3. The minimum atomic E-state index is -0.123. The number of para-hydroxylation sites is 1. The van der Waals surface area contributed by atoms with Crippen molar-refractivity contribution in [3.8, 4) is 5.75 Å². The molecule has 0 atom stereocenters. The minimum Gasteiger partial charge on any atom is -0.495 e. The molecular formula is C20H20N2O3. The first-order valence-corrected chi connectivity index (χ1v) is 8.13. The van der Waals surface area contributed by atoms with Gasteiger partial charge in [0.15, 0.2) is 5.78 Å². The summed E-state index contributed by atoms with van der Waals surface area (Å²) in [6.07, 6.45) is 0.556. The number of Topliss-reactive ketones (excluding diaryl/α,β-unsaturated/α-hetero) is 1. The van der Waals surface area contributed by atoms with E-state index >= 15 is 0 Å². The lowest BCUT2D eigenvalue weighted by atomic mass is 10.1. The van der Waals surface area contributed by atoms with E-state index in [0.717, 1.165) is 16.5 Å². The number of carbonyl (C=O) groups excluding carboxylic acids is 2. The van der Waals surface area contributed by atoms with E-state index in [1.807, 2.05) is 36.4 Å². The Bertz CT molecular complexity index is 913. The largest absolute Gasteiger partial charge is 0.495 e. The van der Waals surface area contributed by atoms with Crippen molar-refractivity contribution in [2.45, 2.75) is 13.3 Å². The third-order valence-electron chi connectivity index (χ3n) is 4.17. The highest BCUT2D eigenvalue weighted by atomic mass is 16.5. The fraction of sp³-hybridized carbons (Fsp3) is 0.200. The molecule has 0 unspecified atom stereocenters. The highest BCUT2D eigenvalue weighted by Crippen LogP contribution is 2.30. The Morgan fingerprint density at radius 1 is 1.08 bits per heavy atom. The monoisotopic (exact) mass is 336 g/mol. The molecule has 0 aliphatic rings. The van der Waals surface area contributed by atoms with Crippen LogP contribution >= 0.6 is 0 Å². The zero-order valence-corrected chi connectivity index (χ0v) is 14.3. The predicted octanol–water partition coefficient (Wildman–Crippen LogP) is 3.35. The summed E-state index contributed by atoms with van der Waals surface area (Å²) in [6.45, 7) is 1.97. The standard InChI is InChI=1S/C20H20N2O3/c1-13(23)18-16(15-9-6-10-17(25-2)19(15)22-18)11-12-21-20(24)14-7-4-3-5-8-14/h3-10,22H,11-12H2,1-2H3,(H,21,24). The van der Waals surface area contributed by atoms with E-state index in [1.165, 1.54) is 6.92 Å². The molecule has 0 aliphatic heterocycles. The predicted molar refractivity (Wildman–Crippen MR) is 97.3 cm³/mol. The van der Waals surface area contributed by atoms with Crippen molar-refractivity contribution in [1.29, 1.82) is 0 Å². The van der Waals surface area contributed by atoms with Gasteiger partial charge in [-0.15, -0.1) is 0 Å². The Balaban J connectivity index is 1.82. The molecule has 0 saturated carbocycles. The van der Waals surface area contributed by atoms with E-state index in [0.29, 0.717) is 30.0 Å². The molecule has 5 heteroatoms. The van der Waals surface area contributed by atoms with E-state index in [9.17, 15) is 9.59 Å². The number of aromatic amines is 1. The molecule has 0 aliphatic carbocycles. The zero-order chi connectivity index (χ0) is 17.8. The number of nitrogens with one attached hydrogen (secondary N) is 2. The van der Waals surface area contributed by atoms with Crippen LogP contribution in [0.25, 0.3) is 10.9 Å². The van der Waals surface area contributed by atoms with Gasteiger partial charge in [-0.1, -0.05) is 30.3 Å². The summed E-state index contributed by atoms with van der Waals surface area (Å²) in [7, 11) is 1.60. The fourth-order valence-corrected chi connectivity index (χ4v) is 2.97. The number of rotatable bonds is 6. The van der Waals surface area contributed by atoms with Crippen molar-refractivity contribution in [3.05, 3.63) is 65.4 Å². The number of H-pyrrole nitrogens is 1. The molecule has 0 spiro atoms. The van der Waals surface area contributed by atoms with Gasteiger partial charge < -0.3 is 15.0 Å². The number of benzene rings is 2. The molecule has 0 saturated heterocycles. The van der Waals surface area contributed by atoms with E-state index in [-0.39, 0.29) is 11.7 Å². The van der Waals surface area contributed by atoms with Gasteiger partial charge in [-0.3, -0.25) is 9.59 Å². The first-order chi connectivity index (χ1) is 12.1. The fourth-order valence-electron chi connectivity index (χ4n) is 2.97. The van der Waals surface area contributed by atoms with E-state index in [1.54, 1.807) is 19.2 Å². The van der Waals surface area contributed by atoms with Gasteiger partial charge in [-0.2, -0.15) is 0 Å². The molecule has 25 heavy (non-hydrogen) atoms. The van der Waals surface area contributed by atoms with Crippen molar-refractivity contribution < 1.29 is 14.3 Å². The number of fused-ring (bicyclic) bond motifs is 1. The smallest absolute Gasteiger partial charge is 0.251 e. The summed E-state index contributed by atoms with van der Waals surface area (Å²) in [5.74, 6) is 0.532. The van der Waals surface area contributed by atoms with Crippen LogP contribution in [0, 0.1) is 0 Å². The summed E-state index contributed by atoms with van der Waals surface area (Å²) in [4.78, 5) is 27.3. The van der Waals surface area contributed by atoms with Gasteiger partial charge in [0, 0.05) is 24.4 Å². The number of ketones is 1. The number of methoxy groups -OCH3 is 1. The Labute approximate surface area is 146 Å². The Morgan fingerprint density at radius 2 is 1.84 bits per heavy atom. The molecule has 0 bridgehead atoms. The average molecular weight is 336 g/mol. The van der Waals surface area contributed by atoms with Crippen LogP contribution in [-0.4, -0.2) is 30.3 Å². The van der Waals surface area contributed by atoms with Gasteiger partial charge in [0.05, 0.1) is 18.3 Å².